The summed E-state index contributed by atoms with van der Waals surface area (Å²) in [6.07, 6.45) is 4.03. The van der Waals surface area contributed by atoms with Gasteiger partial charge in [-0.15, -0.1) is 0 Å². The largest absolute Gasteiger partial charge is 0.507 e. The number of carbonyl (C=O) groups excluding carboxylic acids is 2. The van der Waals surface area contributed by atoms with Gasteiger partial charge in [-0.25, -0.2) is 0 Å². The van der Waals surface area contributed by atoms with E-state index < -0.39 is 17.7 Å². The van der Waals surface area contributed by atoms with E-state index >= 15 is 0 Å². The number of aliphatic hydroxyl groups excluding tert-OH is 1. The summed E-state index contributed by atoms with van der Waals surface area (Å²) in [6.45, 7) is 2.24. The molecule has 6 heteroatoms. The van der Waals surface area contributed by atoms with E-state index in [1.807, 2.05) is 43.3 Å². The van der Waals surface area contributed by atoms with Crippen molar-refractivity contribution in [1.82, 2.24) is 9.88 Å². The highest BCUT2D eigenvalue weighted by Crippen LogP contribution is 2.41. The first-order chi connectivity index (χ1) is 15.5. The number of benzene rings is 2. The highest BCUT2D eigenvalue weighted by molar-refractivity contribution is 6.46. The fourth-order valence-corrected chi connectivity index (χ4v) is 4.44. The van der Waals surface area contributed by atoms with E-state index in [9.17, 15) is 14.7 Å². The summed E-state index contributed by atoms with van der Waals surface area (Å²) >= 11 is 0. The molecule has 2 atom stereocenters. The number of ether oxygens (including phenoxy) is 1. The van der Waals surface area contributed by atoms with Crippen LogP contribution in [-0.4, -0.2) is 32.8 Å². The molecule has 2 aliphatic heterocycles. The van der Waals surface area contributed by atoms with Gasteiger partial charge < -0.3 is 14.7 Å². The lowest BCUT2D eigenvalue weighted by molar-refractivity contribution is -0.140. The molecule has 1 saturated heterocycles. The lowest BCUT2D eigenvalue weighted by atomic mass is 9.95. The number of ketones is 1. The SMILES string of the molecule is C[C@@H]1Cc2cc(/C(O)=C3\C(=O)C(=O)N(Cc4ccccc4)[C@@H]3c3ccncc3)ccc2O1. The predicted molar refractivity (Wildman–Crippen MR) is 119 cm³/mol. The number of fused-ring (bicyclic) bond motifs is 1. The molecule has 1 amide bonds. The molecule has 2 aliphatic rings. The van der Waals surface area contributed by atoms with Crippen molar-refractivity contribution < 1.29 is 19.4 Å². The smallest absolute Gasteiger partial charge is 0.295 e. The van der Waals surface area contributed by atoms with Gasteiger partial charge in [-0.1, -0.05) is 30.3 Å². The maximum Gasteiger partial charge on any atom is 0.295 e. The van der Waals surface area contributed by atoms with Crippen molar-refractivity contribution in [3.63, 3.8) is 0 Å². The number of Topliss-reactive ketones (excluding diaryl/α,β-unsaturated/α-hetero) is 1. The average Bonchev–Trinajstić information content (AvgIpc) is 3.31. The Bertz CT molecular complexity index is 1220. The fourth-order valence-electron chi connectivity index (χ4n) is 4.44. The lowest BCUT2D eigenvalue weighted by Crippen LogP contribution is -2.29. The Morgan fingerprint density at radius 3 is 2.59 bits per heavy atom. The van der Waals surface area contributed by atoms with Crippen molar-refractivity contribution >= 4 is 17.4 Å². The minimum Gasteiger partial charge on any atom is -0.507 e. The molecule has 2 aromatic carbocycles. The second-order valence-electron chi connectivity index (χ2n) is 8.15. The van der Waals surface area contributed by atoms with Crippen molar-refractivity contribution in [3.8, 4) is 5.75 Å². The second kappa shape index (κ2) is 7.96. The molecule has 0 bridgehead atoms. The molecule has 3 heterocycles. The molecule has 0 radical (unpaired) electrons. The van der Waals surface area contributed by atoms with Crippen LogP contribution in [-0.2, 0) is 22.6 Å². The van der Waals surface area contributed by atoms with Gasteiger partial charge in [0.15, 0.2) is 0 Å². The Balaban J connectivity index is 1.62. The van der Waals surface area contributed by atoms with Crippen molar-refractivity contribution in [3.05, 3.63) is 101 Å². The van der Waals surface area contributed by atoms with Crippen LogP contribution < -0.4 is 4.74 Å². The molecule has 0 saturated carbocycles. The van der Waals surface area contributed by atoms with E-state index in [1.165, 1.54) is 4.90 Å². The second-order valence-corrected chi connectivity index (χ2v) is 8.15. The molecule has 3 aromatic rings. The number of aromatic nitrogens is 1. The quantitative estimate of drug-likeness (QED) is 0.387. The van der Waals surface area contributed by atoms with Gasteiger partial charge in [0, 0.05) is 30.9 Å². The van der Waals surface area contributed by atoms with Crippen molar-refractivity contribution in [2.24, 2.45) is 0 Å². The van der Waals surface area contributed by atoms with Gasteiger partial charge in [0.2, 0.25) is 0 Å². The molecule has 0 aliphatic carbocycles. The number of rotatable bonds is 4. The van der Waals surface area contributed by atoms with Crippen LogP contribution in [0.1, 0.15) is 35.2 Å². The number of pyridine rings is 1. The van der Waals surface area contributed by atoms with Crippen LogP contribution in [0.2, 0.25) is 0 Å². The average molecular weight is 426 g/mol. The summed E-state index contributed by atoms with van der Waals surface area (Å²) in [5.41, 5.74) is 3.18. The van der Waals surface area contributed by atoms with Gasteiger partial charge in [0.05, 0.1) is 11.6 Å². The first kappa shape index (κ1) is 20.0. The van der Waals surface area contributed by atoms with E-state index in [0.717, 1.165) is 28.9 Å². The van der Waals surface area contributed by atoms with Crippen LogP contribution in [0.25, 0.3) is 5.76 Å². The van der Waals surface area contributed by atoms with Gasteiger partial charge in [0.1, 0.15) is 17.6 Å². The van der Waals surface area contributed by atoms with E-state index in [-0.39, 0.29) is 24.0 Å². The van der Waals surface area contributed by atoms with Gasteiger partial charge in [-0.05, 0) is 53.9 Å². The monoisotopic (exact) mass is 426 g/mol. The molecule has 0 unspecified atom stereocenters. The highest BCUT2D eigenvalue weighted by Gasteiger charge is 2.46. The third-order valence-electron chi connectivity index (χ3n) is 5.93. The number of carbonyl (C=O) groups is 2. The summed E-state index contributed by atoms with van der Waals surface area (Å²) in [5, 5.41) is 11.2. The van der Waals surface area contributed by atoms with E-state index in [2.05, 4.69) is 4.98 Å². The standard InChI is InChI=1S/C26H22N2O4/c1-16-13-20-14-19(7-8-21(20)32-16)24(29)22-23(18-9-11-27-12-10-18)28(26(31)25(22)30)15-17-5-3-2-4-6-17/h2-12,14,16,23,29H,13,15H2,1H3/b24-22+/t16-,23-/m1/s1. The summed E-state index contributed by atoms with van der Waals surface area (Å²) in [7, 11) is 0. The Labute approximate surface area is 185 Å². The first-order valence-corrected chi connectivity index (χ1v) is 10.5. The van der Waals surface area contributed by atoms with Crippen LogP contribution >= 0.6 is 0 Å². The minimum atomic E-state index is -0.707. The van der Waals surface area contributed by atoms with E-state index in [0.29, 0.717) is 5.56 Å². The van der Waals surface area contributed by atoms with Gasteiger partial charge in [-0.2, -0.15) is 0 Å². The summed E-state index contributed by atoms with van der Waals surface area (Å²) in [5.74, 6) is -0.715. The number of aliphatic hydroxyl groups is 1. The van der Waals surface area contributed by atoms with E-state index in [1.54, 1.807) is 36.7 Å². The predicted octanol–water partition coefficient (Wildman–Crippen LogP) is 4.03. The van der Waals surface area contributed by atoms with Crippen LogP contribution in [0.4, 0.5) is 0 Å². The van der Waals surface area contributed by atoms with Crippen LogP contribution in [0, 0.1) is 0 Å². The first-order valence-electron chi connectivity index (χ1n) is 10.5. The summed E-state index contributed by atoms with van der Waals surface area (Å²) in [6, 6.07) is 17.7. The van der Waals surface area contributed by atoms with Gasteiger partial charge in [0.25, 0.3) is 11.7 Å². The fraction of sp³-hybridized carbons (Fsp3) is 0.192. The zero-order chi connectivity index (χ0) is 22.2. The zero-order valence-electron chi connectivity index (χ0n) is 17.6. The molecule has 1 N–H and O–H groups in total. The number of likely N-dealkylation sites (tertiary alicyclic amines) is 1. The van der Waals surface area contributed by atoms with Gasteiger partial charge in [-0.3, -0.25) is 14.6 Å². The maximum absolute atomic E-state index is 13.1. The molecule has 1 aromatic heterocycles. The molecule has 0 spiro atoms. The van der Waals surface area contributed by atoms with Crippen molar-refractivity contribution in [1.29, 1.82) is 0 Å². The maximum atomic E-state index is 13.1. The molecule has 1 fully saturated rings. The Morgan fingerprint density at radius 2 is 1.84 bits per heavy atom. The molecule has 32 heavy (non-hydrogen) atoms. The number of amides is 1. The Hall–Kier alpha value is -3.93. The highest BCUT2D eigenvalue weighted by atomic mass is 16.5. The Morgan fingerprint density at radius 1 is 1.09 bits per heavy atom. The number of nitrogens with zero attached hydrogens (tertiary/aromatic N) is 2. The molecular formula is C26H22N2O4. The van der Waals surface area contributed by atoms with Crippen LogP contribution in [0.15, 0.2) is 78.6 Å². The van der Waals surface area contributed by atoms with Gasteiger partial charge >= 0.3 is 0 Å². The molecule has 160 valence electrons. The summed E-state index contributed by atoms with van der Waals surface area (Å²) in [4.78, 5) is 31.8. The van der Waals surface area contributed by atoms with Crippen molar-refractivity contribution in [2.75, 3.05) is 0 Å². The van der Waals surface area contributed by atoms with Crippen LogP contribution in [0.3, 0.4) is 0 Å². The van der Waals surface area contributed by atoms with Crippen LogP contribution in [0.5, 0.6) is 5.75 Å². The van der Waals surface area contributed by atoms with Crippen molar-refractivity contribution in [2.45, 2.75) is 32.0 Å². The molecule has 5 rings (SSSR count). The molecule has 6 nitrogen and oxygen atoms in total. The zero-order valence-corrected chi connectivity index (χ0v) is 17.6. The normalized spacial score (nSPS) is 21.5. The third kappa shape index (κ3) is 3.43. The number of hydrogen-bond donors (Lipinski definition) is 1. The molecular weight excluding hydrogens is 404 g/mol. The number of hydrogen-bond acceptors (Lipinski definition) is 5. The topological polar surface area (TPSA) is 79.7 Å². The summed E-state index contributed by atoms with van der Waals surface area (Å²) < 4.78 is 5.75. The third-order valence-corrected chi connectivity index (χ3v) is 5.93. The minimum absolute atomic E-state index is 0.0654. The lowest BCUT2D eigenvalue weighted by Gasteiger charge is -2.25. The van der Waals surface area contributed by atoms with E-state index in [4.69, 9.17) is 4.74 Å². The Kier molecular flexibility index (Phi) is 4.98.